The number of hydrogen-bond acceptors (Lipinski definition) is 3. The first-order valence-electron chi connectivity index (χ1n) is 23.0. The SMILES string of the molecule is c1ccc(-c2nc(-c3ccc(-c4ccccc4-c4ccccc4)cc3)nc(-n3c4ccccc4c4ccc5c6ccccc6n(-c6cccc(-c7ccccc7)c6-c6ccccc6)c5c43)n2)cc1. The third-order valence-corrected chi connectivity index (χ3v) is 13.2. The Bertz CT molecular complexity index is 3990. The van der Waals surface area contributed by atoms with Crippen LogP contribution in [0.2, 0.25) is 0 Å². The smallest absolute Gasteiger partial charge is 0.238 e. The summed E-state index contributed by atoms with van der Waals surface area (Å²) in [7, 11) is 0. The van der Waals surface area contributed by atoms with Crippen LogP contribution in [-0.2, 0) is 0 Å². The van der Waals surface area contributed by atoms with E-state index in [4.69, 9.17) is 15.0 Å². The molecule has 5 nitrogen and oxygen atoms in total. The van der Waals surface area contributed by atoms with Crippen molar-refractivity contribution in [3.05, 3.63) is 249 Å². The van der Waals surface area contributed by atoms with Gasteiger partial charge in [-0.1, -0.05) is 231 Å². The molecule has 0 spiro atoms. The molecule has 3 aromatic heterocycles. The second-order valence-corrected chi connectivity index (χ2v) is 17.1. The maximum absolute atomic E-state index is 5.45. The Morgan fingerprint density at radius 2 is 0.647 bits per heavy atom. The summed E-state index contributed by atoms with van der Waals surface area (Å²) in [6.45, 7) is 0. The lowest BCUT2D eigenvalue weighted by atomic mass is 9.93. The monoisotopic (exact) mass is 867 g/mol. The van der Waals surface area contributed by atoms with Gasteiger partial charge in [0.05, 0.1) is 27.8 Å². The molecule has 0 radical (unpaired) electrons. The van der Waals surface area contributed by atoms with Crippen LogP contribution in [0.1, 0.15) is 0 Å². The van der Waals surface area contributed by atoms with Gasteiger partial charge in [-0.3, -0.25) is 4.57 Å². The van der Waals surface area contributed by atoms with Gasteiger partial charge >= 0.3 is 0 Å². The fraction of sp³-hybridized carbons (Fsp3) is 0. The van der Waals surface area contributed by atoms with Gasteiger partial charge < -0.3 is 4.57 Å². The van der Waals surface area contributed by atoms with E-state index in [9.17, 15) is 0 Å². The van der Waals surface area contributed by atoms with Gasteiger partial charge in [0.1, 0.15) is 0 Å². The van der Waals surface area contributed by atoms with Crippen LogP contribution in [0.15, 0.2) is 249 Å². The molecule has 10 aromatic carbocycles. The number of rotatable bonds is 8. The molecule has 0 saturated carbocycles. The molecule has 5 heteroatoms. The molecule has 68 heavy (non-hydrogen) atoms. The van der Waals surface area contributed by atoms with Crippen LogP contribution in [0, 0.1) is 0 Å². The van der Waals surface area contributed by atoms with Gasteiger partial charge in [0.2, 0.25) is 5.95 Å². The van der Waals surface area contributed by atoms with Gasteiger partial charge in [-0.25, -0.2) is 4.98 Å². The van der Waals surface area contributed by atoms with Gasteiger partial charge in [0.25, 0.3) is 0 Å². The highest BCUT2D eigenvalue weighted by molar-refractivity contribution is 6.24. The highest BCUT2D eigenvalue weighted by Crippen LogP contribution is 2.45. The molecule has 0 aliphatic rings. The predicted molar refractivity (Wildman–Crippen MR) is 281 cm³/mol. The molecule has 0 aliphatic carbocycles. The molecule has 0 saturated heterocycles. The van der Waals surface area contributed by atoms with E-state index in [1.807, 2.05) is 18.2 Å². The number of fused-ring (bicyclic) bond motifs is 7. The Hall–Kier alpha value is -9.19. The van der Waals surface area contributed by atoms with E-state index in [2.05, 4.69) is 240 Å². The molecule has 3 heterocycles. The molecule has 0 amide bonds. The lowest BCUT2D eigenvalue weighted by Crippen LogP contribution is -2.07. The van der Waals surface area contributed by atoms with E-state index in [-0.39, 0.29) is 0 Å². The molecular formula is C63H41N5. The number of benzene rings is 10. The van der Waals surface area contributed by atoms with Crippen LogP contribution in [0.25, 0.3) is 123 Å². The zero-order valence-electron chi connectivity index (χ0n) is 36.9. The van der Waals surface area contributed by atoms with Crippen molar-refractivity contribution in [2.75, 3.05) is 0 Å². The minimum atomic E-state index is 0.546. The van der Waals surface area contributed by atoms with Crippen molar-refractivity contribution in [1.82, 2.24) is 24.1 Å². The van der Waals surface area contributed by atoms with Crippen LogP contribution < -0.4 is 0 Å². The van der Waals surface area contributed by atoms with E-state index in [0.717, 1.165) is 82.9 Å². The van der Waals surface area contributed by atoms with Gasteiger partial charge in [0.15, 0.2) is 11.6 Å². The van der Waals surface area contributed by atoms with Crippen LogP contribution in [0.3, 0.4) is 0 Å². The lowest BCUT2D eigenvalue weighted by molar-refractivity contribution is 0.953. The molecule has 13 rings (SSSR count). The molecule has 0 fully saturated rings. The number of hydrogen-bond donors (Lipinski definition) is 0. The lowest BCUT2D eigenvalue weighted by Gasteiger charge is -2.19. The van der Waals surface area contributed by atoms with E-state index in [1.54, 1.807) is 0 Å². The average Bonchev–Trinajstić information content (AvgIpc) is 3.95. The zero-order chi connectivity index (χ0) is 45.0. The Labute approximate surface area is 393 Å². The Kier molecular flexibility index (Phi) is 9.43. The first kappa shape index (κ1) is 39.2. The Balaban J connectivity index is 1.09. The first-order chi connectivity index (χ1) is 33.8. The Morgan fingerprint density at radius 3 is 1.22 bits per heavy atom. The summed E-state index contributed by atoms with van der Waals surface area (Å²) in [6, 6.07) is 88.2. The quantitative estimate of drug-likeness (QED) is 0.153. The highest BCUT2D eigenvalue weighted by atomic mass is 15.2. The number of aromatic nitrogens is 5. The zero-order valence-corrected chi connectivity index (χ0v) is 36.9. The standard InChI is InChI=1S/C63H41N5/c1-5-20-42(21-6-1)48-28-13-14-29-49(48)44-36-38-47(39-37-44)62-64-61(46-26-11-4-12-27-46)65-63(66-62)68-56-34-18-16-31-52(56)54-41-40-53-51-30-15-17-33-55(51)67(59(53)60(54)68)57-35-19-32-50(43-22-7-2-8-23-43)58(57)45-24-9-3-10-25-45/h1-41H. The summed E-state index contributed by atoms with van der Waals surface area (Å²) in [5.41, 5.74) is 16.4. The molecule has 0 aliphatic heterocycles. The number of para-hydroxylation sites is 2. The molecular weight excluding hydrogens is 827 g/mol. The minimum Gasteiger partial charge on any atom is -0.307 e. The summed E-state index contributed by atoms with van der Waals surface area (Å²) in [6.07, 6.45) is 0. The first-order valence-corrected chi connectivity index (χ1v) is 23.0. The summed E-state index contributed by atoms with van der Waals surface area (Å²) < 4.78 is 4.75. The minimum absolute atomic E-state index is 0.546. The maximum atomic E-state index is 5.45. The number of nitrogens with zero attached hydrogens (tertiary/aromatic N) is 5. The summed E-state index contributed by atoms with van der Waals surface area (Å²) in [4.78, 5) is 16.1. The van der Waals surface area contributed by atoms with E-state index in [1.165, 1.54) is 22.1 Å². The van der Waals surface area contributed by atoms with Crippen molar-refractivity contribution in [2.24, 2.45) is 0 Å². The van der Waals surface area contributed by atoms with Crippen molar-refractivity contribution in [2.45, 2.75) is 0 Å². The third kappa shape index (κ3) is 6.51. The molecule has 0 unspecified atom stereocenters. The Morgan fingerprint density at radius 1 is 0.250 bits per heavy atom. The molecule has 318 valence electrons. The van der Waals surface area contributed by atoms with Crippen molar-refractivity contribution in [1.29, 1.82) is 0 Å². The molecule has 13 aromatic rings. The molecule has 0 bridgehead atoms. The third-order valence-electron chi connectivity index (χ3n) is 13.2. The molecule has 0 atom stereocenters. The van der Waals surface area contributed by atoms with Crippen molar-refractivity contribution in [3.8, 4) is 78.9 Å². The largest absolute Gasteiger partial charge is 0.307 e. The second-order valence-electron chi connectivity index (χ2n) is 17.1. The van der Waals surface area contributed by atoms with Crippen molar-refractivity contribution >= 4 is 43.6 Å². The van der Waals surface area contributed by atoms with Gasteiger partial charge in [0, 0.05) is 38.2 Å². The van der Waals surface area contributed by atoms with Crippen LogP contribution in [0.4, 0.5) is 0 Å². The van der Waals surface area contributed by atoms with Crippen molar-refractivity contribution in [3.63, 3.8) is 0 Å². The fourth-order valence-corrected chi connectivity index (χ4v) is 10.2. The van der Waals surface area contributed by atoms with Gasteiger partial charge in [-0.05, 0) is 57.1 Å². The maximum Gasteiger partial charge on any atom is 0.238 e. The van der Waals surface area contributed by atoms with Crippen LogP contribution >= 0.6 is 0 Å². The van der Waals surface area contributed by atoms with Crippen LogP contribution in [0.5, 0.6) is 0 Å². The average molecular weight is 868 g/mol. The predicted octanol–water partition coefficient (Wildman–Crippen LogP) is 16.1. The summed E-state index contributed by atoms with van der Waals surface area (Å²) in [5, 5.41) is 4.54. The van der Waals surface area contributed by atoms with Crippen molar-refractivity contribution < 1.29 is 0 Å². The summed E-state index contributed by atoms with van der Waals surface area (Å²) in [5.74, 6) is 1.74. The van der Waals surface area contributed by atoms with Crippen LogP contribution in [-0.4, -0.2) is 24.1 Å². The van der Waals surface area contributed by atoms with Gasteiger partial charge in [-0.2, -0.15) is 9.97 Å². The normalized spacial score (nSPS) is 11.5. The van der Waals surface area contributed by atoms with E-state index < -0.39 is 0 Å². The topological polar surface area (TPSA) is 48.5 Å². The highest BCUT2D eigenvalue weighted by Gasteiger charge is 2.25. The summed E-state index contributed by atoms with van der Waals surface area (Å²) >= 11 is 0. The second kappa shape index (κ2) is 16.4. The fourth-order valence-electron chi connectivity index (χ4n) is 10.2. The van der Waals surface area contributed by atoms with Gasteiger partial charge in [-0.15, -0.1) is 0 Å². The molecule has 0 N–H and O–H groups in total. The van der Waals surface area contributed by atoms with E-state index >= 15 is 0 Å². The van der Waals surface area contributed by atoms with E-state index in [0.29, 0.717) is 17.6 Å².